The summed E-state index contributed by atoms with van der Waals surface area (Å²) in [6.07, 6.45) is 0. The summed E-state index contributed by atoms with van der Waals surface area (Å²) in [7, 11) is -2.35. The Morgan fingerprint density at radius 1 is 1.53 bits per heavy atom. The number of ether oxygens (including phenoxy) is 1. The quantitative estimate of drug-likeness (QED) is 0.661. The van der Waals surface area contributed by atoms with Crippen molar-refractivity contribution in [1.29, 1.82) is 0 Å². The van der Waals surface area contributed by atoms with E-state index in [-0.39, 0.29) is 29.7 Å². The highest BCUT2D eigenvalue weighted by Gasteiger charge is 2.21. The molecule has 8 heteroatoms. The van der Waals surface area contributed by atoms with Crippen LogP contribution in [0.15, 0.2) is 21.5 Å². The van der Waals surface area contributed by atoms with Crippen molar-refractivity contribution in [1.82, 2.24) is 4.72 Å². The summed E-state index contributed by atoms with van der Waals surface area (Å²) >= 11 is 3.21. The second-order valence-electron chi connectivity index (χ2n) is 4.16. The predicted octanol–water partition coefficient (Wildman–Crippen LogP) is 0.947. The summed E-state index contributed by atoms with van der Waals surface area (Å²) < 4.78 is 32.3. The van der Waals surface area contributed by atoms with E-state index in [4.69, 9.17) is 15.6 Å². The third-order valence-corrected chi connectivity index (χ3v) is 4.64. The maximum absolute atomic E-state index is 12.2. The minimum Gasteiger partial charge on any atom is -0.495 e. The first-order valence-corrected chi connectivity index (χ1v) is 7.83. The first-order chi connectivity index (χ1) is 8.81. The number of aliphatic hydroxyl groups is 1. The molecule has 1 aromatic carbocycles. The fraction of sp³-hybridized carbons (Fsp3) is 0.455. The smallest absolute Gasteiger partial charge is 0.244 e. The van der Waals surface area contributed by atoms with Gasteiger partial charge in [-0.1, -0.05) is 6.92 Å². The van der Waals surface area contributed by atoms with Gasteiger partial charge in [0.1, 0.15) is 10.6 Å². The van der Waals surface area contributed by atoms with Crippen LogP contribution in [0.25, 0.3) is 0 Å². The largest absolute Gasteiger partial charge is 0.495 e. The molecule has 0 spiro atoms. The number of nitrogen functional groups attached to an aromatic ring is 1. The molecule has 0 amide bonds. The molecule has 0 fully saturated rings. The molecule has 1 atom stereocenters. The zero-order chi connectivity index (χ0) is 14.6. The van der Waals surface area contributed by atoms with Gasteiger partial charge in [0.2, 0.25) is 10.0 Å². The minimum atomic E-state index is -3.73. The van der Waals surface area contributed by atoms with Gasteiger partial charge in [0.25, 0.3) is 0 Å². The Balaban J connectivity index is 3.10. The second-order valence-corrected chi connectivity index (χ2v) is 6.75. The third kappa shape index (κ3) is 4.07. The molecule has 0 bridgehead atoms. The lowest BCUT2D eigenvalue weighted by atomic mass is 10.2. The molecular formula is C11H17BrN2O4S. The van der Waals surface area contributed by atoms with E-state index in [0.717, 1.165) is 0 Å². The van der Waals surface area contributed by atoms with Gasteiger partial charge in [-0.2, -0.15) is 0 Å². The zero-order valence-electron chi connectivity index (χ0n) is 10.7. The molecule has 4 N–H and O–H groups in total. The number of hydrogen-bond acceptors (Lipinski definition) is 5. The van der Waals surface area contributed by atoms with Crippen molar-refractivity contribution in [2.75, 3.05) is 26.0 Å². The maximum Gasteiger partial charge on any atom is 0.244 e. The summed E-state index contributed by atoms with van der Waals surface area (Å²) in [5, 5.41) is 8.90. The first-order valence-electron chi connectivity index (χ1n) is 5.55. The average Bonchev–Trinajstić information content (AvgIpc) is 2.38. The molecule has 0 aliphatic carbocycles. The highest BCUT2D eigenvalue weighted by Crippen LogP contribution is 2.32. The molecular weight excluding hydrogens is 336 g/mol. The number of nitrogens with two attached hydrogens (primary N) is 1. The Bertz CT molecular complexity index is 548. The molecule has 6 nitrogen and oxygen atoms in total. The molecule has 19 heavy (non-hydrogen) atoms. The molecule has 1 aromatic rings. The van der Waals surface area contributed by atoms with Gasteiger partial charge in [0.05, 0.1) is 7.11 Å². The molecule has 0 heterocycles. The summed E-state index contributed by atoms with van der Waals surface area (Å²) in [5.41, 5.74) is 5.99. The highest BCUT2D eigenvalue weighted by molar-refractivity contribution is 9.10. The van der Waals surface area contributed by atoms with Crippen molar-refractivity contribution in [2.45, 2.75) is 11.8 Å². The lowest BCUT2D eigenvalue weighted by Gasteiger charge is -2.14. The number of halogens is 1. The van der Waals surface area contributed by atoms with E-state index in [2.05, 4.69) is 20.7 Å². The SMILES string of the molecule is COc1cc(Br)c(N)cc1S(=O)(=O)NCC(C)CO. The van der Waals surface area contributed by atoms with E-state index in [0.29, 0.717) is 10.2 Å². The molecule has 0 aliphatic rings. The second kappa shape index (κ2) is 6.56. The van der Waals surface area contributed by atoms with Crippen molar-refractivity contribution in [2.24, 2.45) is 5.92 Å². The van der Waals surface area contributed by atoms with E-state index in [1.165, 1.54) is 19.2 Å². The molecule has 0 saturated heterocycles. The van der Waals surface area contributed by atoms with E-state index in [9.17, 15) is 8.42 Å². The van der Waals surface area contributed by atoms with Gasteiger partial charge in [-0.05, 0) is 34.0 Å². The minimum absolute atomic E-state index is 0.0270. The van der Waals surface area contributed by atoms with Crippen LogP contribution in [-0.4, -0.2) is 33.8 Å². The van der Waals surface area contributed by atoms with Crippen molar-refractivity contribution in [3.8, 4) is 5.75 Å². The highest BCUT2D eigenvalue weighted by atomic mass is 79.9. The number of rotatable bonds is 6. The van der Waals surface area contributed by atoms with Gasteiger partial charge in [-0.3, -0.25) is 0 Å². The molecule has 0 aromatic heterocycles. The van der Waals surface area contributed by atoms with Crippen LogP contribution in [0.5, 0.6) is 5.75 Å². The van der Waals surface area contributed by atoms with Crippen molar-refractivity contribution >= 4 is 31.6 Å². The van der Waals surface area contributed by atoms with Crippen LogP contribution in [0, 0.1) is 5.92 Å². The number of hydrogen-bond donors (Lipinski definition) is 3. The van der Waals surface area contributed by atoms with Crippen molar-refractivity contribution in [3.05, 3.63) is 16.6 Å². The van der Waals surface area contributed by atoms with Gasteiger partial charge in [-0.25, -0.2) is 13.1 Å². The van der Waals surface area contributed by atoms with Gasteiger partial charge in [-0.15, -0.1) is 0 Å². The topological polar surface area (TPSA) is 102 Å². The van der Waals surface area contributed by atoms with E-state index < -0.39 is 10.0 Å². The van der Waals surface area contributed by atoms with Crippen LogP contribution in [-0.2, 0) is 10.0 Å². The number of benzene rings is 1. The fourth-order valence-corrected chi connectivity index (χ4v) is 2.99. The fourth-order valence-electron chi connectivity index (χ4n) is 1.31. The molecule has 108 valence electrons. The zero-order valence-corrected chi connectivity index (χ0v) is 13.1. The molecule has 1 unspecified atom stereocenters. The van der Waals surface area contributed by atoms with E-state index in [1.54, 1.807) is 6.92 Å². The molecule has 1 rings (SSSR count). The maximum atomic E-state index is 12.2. The normalized spacial score (nSPS) is 13.3. The van der Waals surface area contributed by atoms with Crippen LogP contribution in [0.4, 0.5) is 5.69 Å². The average molecular weight is 353 g/mol. The van der Waals surface area contributed by atoms with Crippen LogP contribution in [0.1, 0.15) is 6.92 Å². The predicted molar refractivity (Wildman–Crippen MR) is 76.5 cm³/mol. The van der Waals surface area contributed by atoms with Gasteiger partial charge >= 0.3 is 0 Å². The summed E-state index contributed by atoms with van der Waals surface area (Å²) in [6.45, 7) is 1.77. The monoisotopic (exact) mass is 352 g/mol. The van der Waals surface area contributed by atoms with Crippen molar-refractivity contribution in [3.63, 3.8) is 0 Å². The number of nitrogens with one attached hydrogen (secondary N) is 1. The molecule has 0 radical (unpaired) electrons. The first kappa shape index (κ1) is 16.2. The Kier molecular flexibility index (Phi) is 5.60. The number of sulfonamides is 1. The molecule has 0 saturated carbocycles. The molecule has 0 aliphatic heterocycles. The number of anilines is 1. The lowest BCUT2D eigenvalue weighted by molar-refractivity contribution is 0.238. The van der Waals surface area contributed by atoms with Crippen molar-refractivity contribution < 1.29 is 18.3 Å². The van der Waals surface area contributed by atoms with Gasteiger partial charge < -0.3 is 15.6 Å². The number of methoxy groups -OCH3 is 1. The Hall–Kier alpha value is -0.830. The Labute approximate surface area is 121 Å². The third-order valence-electron chi connectivity index (χ3n) is 2.51. The van der Waals surface area contributed by atoms with Gasteiger partial charge in [0.15, 0.2) is 0 Å². The van der Waals surface area contributed by atoms with Gasteiger partial charge in [0, 0.05) is 23.3 Å². The standard InChI is InChI=1S/C11H17BrN2O4S/c1-7(6-15)5-14-19(16,17)11-4-9(13)8(12)3-10(11)18-2/h3-4,7,14-15H,5-6,13H2,1-2H3. The van der Waals surface area contributed by atoms with E-state index in [1.807, 2.05) is 0 Å². The van der Waals surface area contributed by atoms with Crippen LogP contribution < -0.4 is 15.2 Å². The lowest BCUT2D eigenvalue weighted by Crippen LogP contribution is -2.30. The Morgan fingerprint density at radius 2 is 2.16 bits per heavy atom. The summed E-state index contributed by atoms with van der Waals surface area (Å²) in [5.74, 6) is 0.0267. The van der Waals surface area contributed by atoms with Crippen LogP contribution in [0.2, 0.25) is 0 Å². The van der Waals surface area contributed by atoms with Crippen LogP contribution >= 0.6 is 15.9 Å². The van der Waals surface area contributed by atoms with Crippen LogP contribution in [0.3, 0.4) is 0 Å². The number of aliphatic hydroxyl groups excluding tert-OH is 1. The Morgan fingerprint density at radius 3 is 2.68 bits per heavy atom. The summed E-state index contributed by atoms with van der Waals surface area (Å²) in [4.78, 5) is -0.0270. The summed E-state index contributed by atoms with van der Waals surface area (Å²) in [6, 6.07) is 2.83. The van der Waals surface area contributed by atoms with E-state index >= 15 is 0 Å².